The largest absolute Gasteiger partial charge is 0.497 e. The predicted molar refractivity (Wildman–Crippen MR) is 107 cm³/mol. The first kappa shape index (κ1) is 20.6. The highest BCUT2D eigenvalue weighted by Crippen LogP contribution is 2.37. The number of benzene rings is 1. The summed E-state index contributed by atoms with van der Waals surface area (Å²) in [5.41, 5.74) is 0.225. The maximum Gasteiger partial charge on any atom is 0.244 e. The van der Waals surface area contributed by atoms with E-state index in [1.807, 2.05) is 24.3 Å². The van der Waals surface area contributed by atoms with E-state index in [0.717, 1.165) is 37.0 Å². The molecular formula is C21H26N4O4. The summed E-state index contributed by atoms with van der Waals surface area (Å²) in [7, 11) is 1.60. The van der Waals surface area contributed by atoms with E-state index in [-0.39, 0.29) is 11.8 Å². The molecule has 1 aliphatic rings. The quantitative estimate of drug-likeness (QED) is 0.694. The lowest BCUT2D eigenvalue weighted by Gasteiger charge is -2.28. The van der Waals surface area contributed by atoms with Crippen LogP contribution in [-0.4, -0.2) is 35.1 Å². The third-order valence-electron chi connectivity index (χ3n) is 5.07. The van der Waals surface area contributed by atoms with Crippen LogP contribution in [-0.2, 0) is 15.1 Å². The molecule has 0 bridgehead atoms. The molecular weight excluding hydrogens is 372 g/mol. The van der Waals surface area contributed by atoms with Crippen LogP contribution in [0.2, 0.25) is 0 Å². The Bertz CT molecular complexity index is 882. The molecule has 1 aromatic heterocycles. The van der Waals surface area contributed by atoms with Crippen molar-refractivity contribution in [1.29, 1.82) is 0 Å². The molecule has 154 valence electrons. The van der Waals surface area contributed by atoms with Crippen LogP contribution in [0.4, 0.5) is 0 Å². The van der Waals surface area contributed by atoms with Gasteiger partial charge in [-0.15, -0.1) is 0 Å². The number of aromatic nitrogens is 2. The van der Waals surface area contributed by atoms with Gasteiger partial charge in [-0.25, -0.2) is 0 Å². The molecule has 2 amide bonds. The normalized spacial score (nSPS) is 16.5. The minimum atomic E-state index is -0.700. The van der Waals surface area contributed by atoms with Gasteiger partial charge in [0.15, 0.2) is 5.82 Å². The van der Waals surface area contributed by atoms with Crippen LogP contribution in [0.1, 0.15) is 49.9 Å². The van der Waals surface area contributed by atoms with E-state index in [2.05, 4.69) is 20.8 Å². The summed E-state index contributed by atoms with van der Waals surface area (Å²) in [6.45, 7) is 3.37. The van der Waals surface area contributed by atoms with E-state index in [1.165, 1.54) is 6.08 Å². The Morgan fingerprint density at radius 2 is 1.93 bits per heavy atom. The summed E-state index contributed by atoms with van der Waals surface area (Å²) in [4.78, 5) is 29.2. The fourth-order valence-corrected chi connectivity index (χ4v) is 3.43. The maximum absolute atomic E-state index is 12.7. The molecule has 3 rings (SSSR count). The third kappa shape index (κ3) is 5.01. The van der Waals surface area contributed by atoms with Crippen LogP contribution < -0.4 is 15.4 Å². The molecule has 0 radical (unpaired) electrons. The molecule has 2 aromatic rings. The van der Waals surface area contributed by atoms with Crippen LogP contribution >= 0.6 is 0 Å². The lowest BCUT2D eigenvalue weighted by molar-refractivity contribution is -0.128. The van der Waals surface area contributed by atoms with Crippen molar-refractivity contribution in [2.45, 2.75) is 51.1 Å². The molecule has 29 heavy (non-hydrogen) atoms. The van der Waals surface area contributed by atoms with Gasteiger partial charge in [0.25, 0.3) is 0 Å². The lowest BCUT2D eigenvalue weighted by Crippen LogP contribution is -2.52. The fraction of sp³-hybridized carbons (Fsp3) is 0.429. The van der Waals surface area contributed by atoms with E-state index in [1.54, 1.807) is 27.0 Å². The van der Waals surface area contributed by atoms with Crippen LogP contribution in [0.5, 0.6) is 5.75 Å². The zero-order valence-corrected chi connectivity index (χ0v) is 16.9. The molecule has 1 heterocycles. The first-order valence-electron chi connectivity index (χ1n) is 9.67. The third-order valence-corrected chi connectivity index (χ3v) is 5.07. The molecule has 1 saturated carbocycles. The highest BCUT2D eigenvalue weighted by atomic mass is 16.5. The van der Waals surface area contributed by atoms with E-state index >= 15 is 0 Å². The second-order valence-electron chi connectivity index (χ2n) is 7.25. The SMILES string of the molecule is COc1ccc(/C=C/C(=O)NC(C)C(=O)NC2(c3noc(C)n3)CCCC2)cc1. The molecule has 1 atom stereocenters. The van der Waals surface area contributed by atoms with Gasteiger partial charge < -0.3 is 19.9 Å². The second kappa shape index (κ2) is 8.89. The van der Waals surface area contributed by atoms with Crippen molar-refractivity contribution in [3.05, 3.63) is 47.6 Å². The Morgan fingerprint density at radius 1 is 1.24 bits per heavy atom. The summed E-state index contributed by atoms with van der Waals surface area (Å²) < 4.78 is 10.2. The number of carbonyl (C=O) groups is 2. The van der Waals surface area contributed by atoms with Gasteiger partial charge in [-0.2, -0.15) is 4.98 Å². The van der Waals surface area contributed by atoms with Gasteiger partial charge in [0.2, 0.25) is 17.7 Å². The number of amides is 2. The first-order chi connectivity index (χ1) is 13.9. The van der Waals surface area contributed by atoms with Gasteiger partial charge >= 0.3 is 0 Å². The Labute approximate surface area is 169 Å². The fourth-order valence-electron chi connectivity index (χ4n) is 3.43. The van der Waals surface area contributed by atoms with Crippen molar-refractivity contribution >= 4 is 17.9 Å². The van der Waals surface area contributed by atoms with Crippen LogP contribution in [0, 0.1) is 6.92 Å². The van der Waals surface area contributed by atoms with E-state index < -0.39 is 11.6 Å². The number of nitrogens with zero attached hydrogens (tertiary/aromatic N) is 2. The van der Waals surface area contributed by atoms with Crippen molar-refractivity contribution in [2.24, 2.45) is 0 Å². The van der Waals surface area contributed by atoms with Gasteiger partial charge in [-0.3, -0.25) is 9.59 Å². The topological polar surface area (TPSA) is 106 Å². The van der Waals surface area contributed by atoms with Gasteiger partial charge in [0, 0.05) is 13.0 Å². The number of nitrogens with one attached hydrogen (secondary N) is 2. The lowest BCUT2D eigenvalue weighted by atomic mass is 9.96. The smallest absolute Gasteiger partial charge is 0.244 e. The minimum absolute atomic E-state index is 0.277. The maximum atomic E-state index is 12.7. The minimum Gasteiger partial charge on any atom is -0.497 e. The number of hydrogen-bond donors (Lipinski definition) is 2. The Morgan fingerprint density at radius 3 is 2.52 bits per heavy atom. The second-order valence-corrected chi connectivity index (χ2v) is 7.25. The molecule has 8 heteroatoms. The van der Waals surface area contributed by atoms with Gasteiger partial charge in [-0.05, 0) is 43.5 Å². The molecule has 8 nitrogen and oxygen atoms in total. The number of carbonyl (C=O) groups excluding carboxylic acids is 2. The molecule has 1 aliphatic carbocycles. The highest BCUT2D eigenvalue weighted by Gasteiger charge is 2.41. The zero-order valence-electron chi connectivity index (χ0n) is 16.9. The standard InChI is InChI=1S/C21H26N4O4/c1-14(22-18(26)11-8-16-6-9-17(28-3)10-7-16)19(27)24-21(12-4-5-13-21)20-23-15(2)29-25-20/h6-11,14H,4-5,12-13H2,1-3H3,(H,22,26)(H,24,27)/b11-8+. The van der Waals surface area contributed by atoms with E-state index in [9.17, 15) is 9.59 Å². The van der Waals surface area contributed by atoms with Gasteiger partial charge in [0.05, 0.1) is 7.11 Å². The van der Waals surface area contributed by atoms with Crippen LogP contribution in [0.15, 0.2) is 34.9 Å². The van der Waals surface area contributed by atoms with Crippen molar-refractivity contribution in [3.8, 4) is 5.75 Å². The van der Waals surface area contributed by atoms with Crippen LogP contribution in [0.3, 0.4) is 0 Å². The summed E-state index contributed by atoms with van der Waals surface area (Å²) >= 11 is 0. The monoisotopic (exact) mass is 398 g/mol. The van der Waals surface area contributed by atoms with Gasteiger partial charge in [-0.1, -0.05) is 30.1 Å². The molecule has 2 N–H and O–H groups in total. The van der Waals surface area contributed by atoms with Crippen LogP contribution in [0.25, 0.3) is 6.08 Å². The number of aryl methyl sites for hydroxylation is 1. The number of ether oxygens (including phenoxy) is 1. The van der Waals surface area contributed by atoms with Crippen molar-refractivity contribution in [1.82, 2.24) is 20.8 Å². The van der Waals surface area contributed by atoms with Crippen molar-refractivity contribution < 1.29 is 18.8 Å². The molecule has 0 spiro atoms. The summed E-state index contributed by atoms with van der Waals surface area (Å²) in [6, 6.07) is 6.61. The summed E-state index contributed by atoms with van der Waals surface area (Å²) in [6.07, 6.45) is 6.52. The summed E-state index contributed by atoms with van der Waals surface area (Å²) in [5.74, 6) is 1.08. The molecule has 0 aliphatic heterocycles. The Hall–Kier alpha value is -3.16. The summed E-state index contributed by atoms with van der Waals surface area (Å²) in [5, 5.41) is 9.74. The molecule has 1 fully saturated rings. The van der Waals surface area contributed by atoms with Crippen molar-refractivity contribution in [2.75, 3.05) is 7.11 Å². The number of methoxy groups -OCH3 is 1. The highest BCUT2D eigenvalue weighted by molar-refractivity contribution is 5.95. The van der Waals surface area contributed by atoms with Crippen molar-refractivity contribution in [3.63, 3.8) is 0 Å². The first-order valence-corrected chi connectivity index (χ1v) is 9.67. The predicted octanol–water partition coefficient (Wildman–Crippen LogP) is 2.49. The zero-order chi connectivity index (χ0) is 20.9. The van der Waals surface area contributed by atoms with E-state index in [4.69, 9.17) is 9.26 Å². The molecule has 0 saturated heterocycles. The molecule has 1 aromatic carbocycles. The molecule has 1 unspecified atom stereocenters. The van der Waals surface area contributed by atoms with Gasteiger partial charge in [0.1, 0.15) is 17.3 Å². The average Bonchev–Trinajstić information content (AvgIpc) is 3.36. The van der Waals surface area contributed by atoms with E-state index in [0.29, 0.717) is 11.7 Å². The Kier molecular flexibility index (Phi) is 6.31. The Balaban J connectivity index is 1.59. The average molecular weight is 398 g/mol. The number of rotatable bonds is 7. The number of hydrogen-bond acceptors (Lipinski definition) is 6.